The van der Waals surface area contributed by atoms with Crippen LogP contribution in [0.3, 0.4) is 0 Å². The van der Waals surface area contributed by atoms with Crippen LogP contribution in [0, 0.1) is 11.8 Å². The van der Waals surface area contributed by atoms with Crippen LogP contribution in [0.1, 0.15) is 25.8 Å². The molecule has 2 atom stereocenters. The maximum Gasteiger partial charge on any atom is 0.308 e. The number of hydrogen-bond acceptors (Lipinski definition) is 6. The number of nitrogens with zero attached hydrogens (tertiary/aromatic N) is 3. The van der Waals surface area contributed by atoms with Crippen LogP contribution in [0.15, 0.2) is 70.4 Å². The first-order valence-corrected chi connectivity index (χ1v) is 13.5. The maximum atomic E-state index is 13.3. The Morgan fingerprint density at radius 2 is 2.03 bits per heavy atom. The minimum absolute atomic E-state index is 0.0627. The Kier molecular flexibility index (Phi) is 6.70. The summed E-state index contributed by atoms with van der Waals surface area (Å²) < 4.78 is 41.0. The van der Waals surface area contributed by atoms with Crippen molar-refractivity contribution in [2.45, 2.75) is 25.2 Å². The first kappa shape index (κ1) is 24.9. The predicted molar refractivity (Wildman–Crippen MR) is 137 cm³/mol. The zero-order chi connectivity index (χ0) is 26.2. The van der Waals surface area contributed by atoms with Crippen LogP contribution < -0.4 is 4.74 Å². The number of carboxylic acid groups (broad SMARTS) is 1. The highest BCUT2D eigenvalue weighted by Crippen LogP contribution is 2.39. The quantitative estimate of drug-likeness (QED) is 0.440. The van der Waals surface area contributed by atoms with Crippen molar-refractivity contribution in [3.05, 3.63) is 66.7 Å². The second-order valence-electron chi connectivity index (χ2n) is 9.22. The molecular formula is C27H28N3O6S+. The summed E-state index contributed by atoms with van der Waals surface area (Å²) in [6, 6.07) is 12.1. The highest BCUT2D eigenvalue weighted by Gasteiger charge is 2.39. The number of benzene rings is 2. The molecule has 3 heterocycles. The topological polar surface area (TPSA) is 113 Å². The van der Waals surface area contributed by atoms with Crippen molar-refractivity contribution >= 4 is 33.5 Å². The van der Waals surface area contributed by atoms with Crippen molar-refractivity contribution in [3.63, 3.8) is 0 Å². The number of carbonyl (C=O) groups is 1. The first-order valence-electron chi connectivity index (χ1n) is 12.1. The number of aromatic nitrogens is 1. The van der Waals surface area contributed by atoms with Gasteiger partial charge >= 0.3 is 5.97 Å². The second-order valence-corrected chi connectivity index (χ2v) is 11.2. The van der Waals surface area contributed by atoms with Gasteiger partial charge in [0.2, 0.25) is 21.6 Å². The van der Waals surface area contributed by atoms with Gasteiger partial charge in [-0.05, 0) is 49.2 Å². The summed E-state index contributed by atoms with van der Waals surface area (Å²) >= 11 is 0. The molecular weight excluding hydrogens is 494 g/mol. The van der Waals surface area contributed by atoms with E-state index in [1.165, 1.54) is 10.6 Å². The van der Waals surface area contributed by atoms with Crippen LogP contribution in [-0.4, -0.2) is 59.3 Å². The Bertz CT molecular complexity index is 1480. The lowest BCUT2D eigenvalue weighted by molar-refractivity contribution is -0.352. The molecule has 1 fully saturated rings. The van der Waals surface area contributed by atoms with Crippen LogP contribution in [0.5, 0.6) is 5.75 Å². The molecule has 9 nitrogen and oxygen atoms in total. The van der Waals surface area contributed by atoms with E-state index >= 15 is 0 Å². The second kappa shape index (κ2) is 9.95. The molecule has 2 aliphatic heterocycles. The first-order chi connectivity index (χ1) is 17.8. The molecule has 1 unspecified atom stereocenters. The van der Waals surface area contributed by atoms with Crippen molar-refractivity contribution in [2.24, 2.45) is 11.8 Å². The molecule has 0 radical (unpaired) electrons. The normalized spacial score (nSPS) is 20.7. The highest BCUT2D eigenvalue weighted by molar-refractivity contribution is 7.89. The number of hydrogen-bond donors (Lipinski definition) is 1. The molecule has 1 aromatic heterocycles. The number of fused-ring (bicyclic) bond motifs is 1. The molecule has 1 saturated heterocycles. The third-order valence-corrected chi connectivity index (χ3v) is 8.55. The summed E-state index contributed by atoms with van der Waals surface area (Å²) in [6.45, 7) is 5.12. The van der Waals surface area contributed by atoms with Crippen molar-refractivity contribution < 1.29 is 32.0 Å². The molecule has 0 spiro atoms. The fourth-order valence-corrected chi connectivity index (χ4v) is 6.39. The SMILES string of the molecule is CCOc1ccc(S(=O)(=O)N2CC(C=[N+]3C=C(CC(=O)O)c4ccc(-c5ncco5)cc43)[C@H](C)C2)cc1. The third kappa shape index (κ3) is 4.94. The van der Waals surface area contributed by atoms with Gasteiger partial charge in [0.15, 0.2) is 12.4 Å². The molecule has 2 aliphatic rings. The number of aliphatic carboxylic acids is 1. The number of carboxylic acids is 1. The molecule has 192 valence electrons. The van der Waals surface area contributed by atoms with Crippen molar-refractivity contribution in [3.8, 4) is 17.2 Å². The minimum atomic E-state index is -3.67. The van der Waals surface area contributed by atoms with Crippen LogP contribution in [0.2, 0.25) is 0 Å². The number of oxazole rings is 1. The Morgan fingerprint density at radius 3 is 2.70 bits per heavy atom. The van der Waals surface area contributed by atoms with E-state index in [1.807, 2.05) is 49.0 Å². The van der Waals surface area contributed by atoms with Crippen LogP contribution in [-0.2, 0) is 14.8 Å². The third-order valence-electron chi connectivity index (χ3n) is 6.70. The van der Waals surface area contributed by atoms with Crippen molar-refractivity contribution in [1.29, 1.82) is 0 Å². The molecule has 37 heavy (non-hydrogen) atoms. The summed E-state index contributed by atoms with van der Waals surface area (Å²) in [5.41, 5.74) is 3.08. The summed E-state index contributed by atoms with van der Waals surface area (Å²) in [4.78, 5) is 15.9. The summed E-state index contributed by atoms with van der Waals surface area (Å²) in [7, 11) is -3.67. The van der Waals surface area contributed by atoms with Gasteiger partial charge in [0.1, 0.15) is 12.0 Å². The Balaban J connectivity index is 1.44. The van der Waals surface area contributed by atoms with Gasteiger partial charge in [-0.25, -0.2) is 13.4 Å². The molecule has 0 saturated carbocycles. The van der Waals surface area contributed by atoms with Crippen molar-refractivity contribution in [1.82, 2.24) is 9.29 Å². The van der Waals surface area contributed by atoms with E-state index in [0.717, 1.165) is 16.8 Å². The van der Waals surface area contributed by atoms with Gasteiger partial charge in [0.05, 0.1) is 35.6 Å². The van der Waals surface area contributed by atoms with Crippen molar-refractivity contribution in [2.75, 3.05) is 19.7 Å². The fraction of sp³-hybridized carbons (Fsp3) is 0.296. The van der Waals surface area contributed by atoms with Gasteiger partial charge in [-0.1, -0.05) is 6.92 Å². The van der Waals surface area contributed by atoms with Gasteiger partial charge in [-0.2, -0.15) is 8.88 Å². The molecule has 10 heteroatoms. The lowest BCUT2D eigenvalue weighted by Crippen LogP contribution is -2.29. The van der Waals surface area contributed by atoms with E-state index in [-0.39, 0.29) is 23.2 Å². The smallest absolute Gasteiger partial charge is 0.308 e. The van der Waals surface area contributed by atoms with Gasteiger partial charge in [0, 0.05) is 30.3 Å². The van der Waals surface area contributed by atoms with Gasteiger partial charge in [-0.3, -0.25) is 4.79 Å². The standard InChI is InChI=1S/C27H27N3O6S/c1-3-35-22-5-7-23(8-6-22)37(33,34)30-14-18(2)21(17-30)16-29-15-20(13-26(31)32)24-9-4-19(12-25(24)29)27-28-10-11-36-27/h4-12,15-16,18,21H,3,13-14,17H2,1-2H3/p+1/t18-,21?/m1/s1. The molecule has 2 aromatic carbocycles. The zero-order valence-corrected chi connectivity index (χ0v) is 21.4. The number of ether oxygens (including phenoxy) is 1. The zero-order valence-electron chi connectivity index (χ0n) is 20.6. The highest BCUT2D eigenvalue weighted by atomic mass is 32.2. The molecule has 0 aliphatic carbocycles. The van der Waals surface area contributed by atoms with E-state index in [0.29, 0.717) is 36.9 Å². The average Bonchev–Trinajstić information content (AvgIpc) is 3.60. The summed E-state index contributed by atoms with van der Waals surface area (Å²) in [5.74, 6) is 0.168. The van der Waals surface area contributed by atoms with Crippen LogP contribution in [0.4, 0.5) is 5.69 Å². The lowest BCUT2D eigenvalue weighted by Gasteiger charge is -2.16. The molecule has 3 aromatic rings. The van der Waals surface area contributed by atoms with E-state index in [9.17, 15) is 18.3 Å². The van der Waals surface area contributed by atoms with E-state index in [2.05, 4.69) is 4.98 Å². The minimum Gasteiger partial charge on any atom is -0.494 e. The summed E-state index contributed by atoms with van der Waals surface area (Å²) in [5, 5.41) is 9.42. The number of sulfonamides is 1. The largest absolute Gasteiger partial charge is 0.494 e. The monoisotopic (exact) mass is 522 g/mol. The van der Waals surface area contributed by atoms with Crippen LogP contribution in [0.25, 0.3) is 17.0 Å². The van der Waals surface area contributed by atoms with E-state index < -0.39 is 16.0 Å². The van der Waals surface area contributed by atoms with Gasteiger partial charge in [-0.15, -0.1) is 0 Å². The predicted octanol–water partition coefficient (Wildman–Crippen LogP) is 4.24. The molecule has 0 bridgehead atoms. The Hall–Kier alpha value is -3.76. The van der Waals surface area contributed by atoms with E-state index in [1.54, 1.807) is 30.5 Å². The van der Waals surface area contributed by atoms with Crippen LogP contribution >= 0.6 is 0 Å². The van der Waals surface area contributed by atoms with Gasteiger partial charge < -0.3 is 14.3 Å². The van der Waals surface area contributed by atoms with E-state index in [4.69, 9.17) is 9.15 Å². The Morgan fingerprint density at radius 1 is 1.24 bits per heavy atom. The average molecular weight is 523 g/mol. The molecule has 5 rings (SSSR count). The summed E-state index contributed by atoms with van der Waals surface area (Å²) in [6.07, 6.45) is 6.76. The fourth-order valence-electron chi connectivity index (χ4n) is 4.82. The Labute approximate surface area is 215 Å². The molecule has 0 amide bonds. The van der Waals surface area contributed by atoms with Gasteiger partial charge in [0.25, 0.3) is 0 Å². The maximum absolute atomic E-state index is 13.3. The molecule has 1 N–H and O–H groups in total. The number of rotatable bonds is 8. The lowest BCUT2D eigenvalue weighted by atomic mass is 9.99.